The van der Waals surface area contributed by atoms with Gasteiger partial charge in [0.2, 0.25) is 0 Å². The van der Waals surface area contributed by atoms with Crippen molar-refractivity contribution < 1.29 is 23.8 Å². The quantitative estimate of drug-likeness (QED) is 0.0465. The minimum atomic E-state index is -0.651. The molecule has 0 saturated carbocycles. The fraction of sp³-hybridized carbons (Fsp3) is 0.590. The van der Waals surface area contributed by atoms with Crippen LogP contribution in [-0.2, 0) is 25.4 Å². The van der Waals surface area contributed by atoms with Gasteiger partial charge in [0.1, 0.15) is 19.8 Å². The Bertz CT molecular complexity index is 1260. The van der Waals surface area contributed by atoms with Gasteiger partial charge < -0.3 is 19.5 Å². The Balaban J connectivity index is 1.47. The van der Waals surface area contributed by atoms with Crippen LogP contribution < -0.4 is 5.32 Å². The molecular weight excluding hydrogens is 697 g/mol. The molecule has 0 amide bonds. The minimum Gasteiger partial charge on any atom is -0.465 e. The van der Waals surface area contributed by atoms with Crippen molar-refractivity contribution in [3.05, 3.63) is 69.7 Å². The number of nitrogens with one attached hydrogen (secondary N) is 1. The molecule has 0 fully saturated rings. The summed E-state index contributed by atoms with van der Waals surface area (Å²) in [4.78, 5) is 24.4. The Kier molecular flexibility index (Phi) is 22.8. The van der Waals surface area contributed by atoms with Crippen LogP contribution in [0.3, 0.4) is 0 Å². The van der Waals surface area contributed by atoms with Crippen molar-refractivity contribution in [1.29, 1.82) is 0 Å². The molecule has 49 heavy (non-hydrogen) atoms. The highest BCUT2D eigenvalue weighted by molar-refractivity contribution is 8.76. The Hall–Kier alpha value is -2.00. The molecule has 1 N–H and O–H groups in total. The highest BCUT2D eigenvalue weighted by Crippen LogP contribution is 2.34. The maximum atomic E-state index is 12.5. The van der Waals surface area contributed by atoms with Crippen LogP contribution in [0.25, 0.3) is 0 Å². The molecule has 2 aromatic rings. The third-order valence-corrected chi connectivity index (χ3v) is 11.2. The standard InChI is InChI=1S/C39H57Cl2NO5S2/c1-29(2)12-8-13-30(3)14-9-15-31(4)16-10-17-32(5)22-23-46-39(44)47-25-27-49-48-26-24-45-37(43)28-33-18-6-7-21-36(33)42-38-34(40)19-11-20-35(38)41/h6-7,11,18-22,29-31,42H,8-10,12-17,23-28H2,1-5H3/b32-22+/t30-,31-/m0/s1. The summed E-state index contributed by atoms with van der Waals surface area (Å²) >= 11 is 12.6. The first-order valence-electron chi connectivity index (χ1n) is 17.7. The van der Waals surface area contributed by atoms with Crippen molar-refractivity contribution in [2.75, 3.05) is 36.6 Å². The number of rotatable bonds is 25. The molecule has 0 spiro atoms. The average Bonchev–Trinajstić information content (AvgIpc) is 3.04. The summed E-state index contributed by atoms with van der Waals surface area (Å²) in [6.07, 6.45) is 12.9. The highest BCUT2D eigenvalue weighted by atomic mass is 35.5. The van der Waals surface area contributed by atoms with Crippen molar-refractivity contribution in [3.63, 3.8) is 0 Å². The number of carbonyl (C=O) groups is 2. The maximum Gasteiger partial charge on any atom is 0.508 e. The van der Waals surface area contributed by atoms with E-state index in [1.807, 2.05) is 30.3 Å². The van der Waals surface area contributed by atoms with Crippen molar-refractivity contribution in [3.8, 4) is 0 Å². The maximum absolute atomic E-state index is 12.5. The van der Waals surface area contributed by atoms with Crippen molar-refractivity contribution in [1.82, 2.24) is 0 Å². The number of hydrogen-bond acceptors (Lipinski definition) is 8. The van der Waals surface area contributed by atoms with Crippen molar-refractivity contribution in [2.24, 2.45) is 17.8 Å². The fourth-order valence-electron chi connectivity index (χ4n) is 5.32. The monoisotopic (exact) mass is 753 g/mol. The molecule has 0 heterocycles. The second-order valence-electron chi connectivity index (χ2n) is 13.2. The van der Waals surface area contributed by atoms with E-state index < -0.39 is 6.16 Å². The molecule has 0 saturated heterocycles. The van der Waals surface area contributed by atoms with Gasteiger partial charge in [0.05, 0.1) is 22.2 Å². The number of carbonyl (C=O) groups excluding carboxylic acids is 2. The molecular formula is C39H57Cl2NO5S2. The lowest BCUT2D eigenvalue weighted by Gasteiger charge is -2.15. The average molecular weight is 755 g/mol. The summed E-state index contributed by atoms with van der Waals surface area (Å²) in [5.41, 5.74) is 3.36. The van der Waals surface area contributed by atoms with Gasteiger partial charge in [0.15, 0.2) is 0 Å². The zero-order chi connectivity index (χ0) is 35.9. The first-order chi connectivity index (χ1) is 23.5. The Morgan fingerprint density at radius 3 is 2.02 bits per heavy atom. The predicted octanol–water partition coefficient (Wildman–Crippen LogP) is 12.7. The zero-order valence-corrected chi connectivity index (χ0v) is 33.2. The lowest BCUT2D eigenvalue weighted by molar-refractivity contribution is -0.142. The number of halogens is 2. The Morgan fingerprint density at radius 1 is 0.776 bits per heavy atom. The predicted molar refractivity (Wildman–Crippen MR) is 212 cm³/mol. The summed E-state index contributed by atoms with van der Waals surface area (Å²) in [5.74, 6) is 3.33. The van der Waals surface area contributed by atoms with E-state index in [-0.39, 0.29) is 32.2 Å². The molecule has 2 rings (SSSR count). The van der Waals surface area contributed by atoms with Crippen LogP contribution in [0.15, 0.2) is 54.1 Å². The number of anilines is 2. The van der Waals surface area contributed by atoms with Gasteiger partial charge in [-0.1, -0.05) is 147 Å². The van der Waals surface area contributed by atoms with Crippen LogP contribution >= 0.6 is 44.8 Å². The topological polar surface area (TPSA) is 73.9 Å². The molecule has 0 unspecified atom stereocenters. The van der Waals surface area contributed by atoms with Crippen LogP contribution in [-0.4, -0.2) is 43.5 Å². The molecule has 0 aliphatic carbocycles. The molecule has 0 aliphatic heterocycles. The number of esters is 1. The number of allylic oxidation sites excluding steroid dienone is 1. The van der Waals surface area contributed by atoms with Gasteiger partial charge in [-0.15, -0.1) is 0 Å². The highest BCUT2D eigenvalue weighted by Gasteiger charge is 2.13. The fourth-order valence-corrected chi connectivity index (χ4v) is 7.47. The molecule has 6 nitrogen and oxygen atoms in total. The zero-order valence-electron chi connectivity index (χ0n) is 30.1. The van der Waals surface area contributed by atoms with Crippen LogP contribution in [0.5, 0.6) is 0 Å². The largest absolute Gasteiger partial charge is 0.508 e. The lowest BCUT2D eigenvalue weighted by Crippen LogP contribution is -2.11. The first-order valence-corrected chi connectivity index (χ1v) is 20.9. The summed E-state index contributed by atoms with van der Waals surface area (Å²) in [6.45, 7) is 12.3. The van der Waals surface area contributed by atoms with E-state index in [9.17, 15) is 9.59 Å². The third kappa shape index (κ3) is 20.4. The normalized spacial score (nSPS) is 12.9. The van der Waals surface area contributed by atoms with E-state index in [1.165, 1.54) is 50.5 Å². The summed E-state index contributed by atoms with van der Waals surface area (Å²) in [5, 5.41) is 4.22. The minimum absolute atomic E-state index is 0.116. The number of benzene rings is 2. The van der Waals surface area contributed by atoms with E-state index in [2.05, 4.69) is 39.9 Å². The van der Waals surface area contributed by atoms with E-state index >= 15 is 0 Å². The van der Waals surface area contributed by atoms with Gasteiger partial charge >= 0.3 is 12.1 Å². The van der Waals surface area contributed by atoms with E-state index in [0.717, 1.165) is 41.8 Å². The molecule has 0 bridgehead atoms. The number of para-hydroxylation sites is 2. The van der Waals surface area contributed by atoms with Gasteiger partial charge in [-0.2, -0.15) is 0 Å². The second-order valence-corrected chi connectivity index (χ2v) is 16.8. The van der Waals surface area contributed by atoms with Crippen LogP contribution in [0, 0.1) is 17.8 Å². The lowest BCUT2D eigenvalue weighted by atomic mass is 9.91. The molecule has 10 heteroatoms. The summed E-state index contributed by atoms with van der Waals surface area (Å²) < 4.78 is 15.8. The molecule has 0 radical (unpaired) electrons. The van der Waals surface area contributed by atoms with Gasteiger partial charge in [0, 0.05) is 17.2 Å². The number of hydrogen-bond donors (Lipinski definition) is 1. The third-order valence-electron chi connectivity index (χ3n) is 8.25. The van der Waals surface area contributed by atoms with Crippen molar-refractivity contribution in [2.45, 2.75) is 98.8 Å². The van der Waals surface area contributed by atoms with Crippen LogP contribution in [0.4, 0.5) is 16.2 Å². The molecule has 2 aromatic carbocycles. The number of ether oxygens (including phenoxy) is 3. The van der Waals surface area contributed by atoms with E-state index in [4.69, 9.17) is 37.4 Å². The van der Waals surface area contributed by atoms with Crippen molar-refractivity contribution >= 4 is 68.3 Å². The SMILES string of the molecule is C/C(=C\COC(=O)OCCSSCCOC(=O)Cc1ccccc1Nc1c(Cl)cccc1Cl)CCC[C@@H](C)CCC[C@@H](C)CCCC(C)C. The van der Waals surface area contributed by atoms with Crippen LogP contribution in [0.2, 0.25) is 10.0 Å². The second kappa shape index (κ2) is 25.9. The van der Waals surface area contributed by atoms with Gasteiger partial charge in [-0.25, -0.2) is 4.79 Å². The summed E-state index contributed by atoms with van der Waals surface area (Å²) in [7, 11) is 3.11. The molecule has 274 valence electrons. The van der Waals surface area contributed by atoms with Gasteiger partial charge in [-0.05, 0) is 67.4 Å². The molecule has 0 aliphatic rings. The molecule has 2 atom stereocenters. The first kappa shape index (κ1) is 43.2. The molecule has 0 aromatic heterocycles. The van der Waals surface area contributed by atoms with Gasteiger partial charge in [-0.3, -0.25) is 4.79 Å². The van der Waals surface area contributed by atoms with E-state index in [0.29, 0.717) is 27.2 Å². The van der Waals surface area contributed by atoms with Gasteiger partial charge in [0.25, 0.3) is 0 Å². The summed E-state index contributed by atoms with van der Waals surface area (Å²) in [6, 6.07) is 12.7. The van der Waals surface area contributed by atoms with Crippen LogP contribution in [0.1, 0.15) is 98.0 Å². The Labute approximate surface area is 313 Å². The smallest absolute Gasteiger partial charge is 0.465 e. The Morgan fingerprint density at radius 2 is 1.37 bits per heavy atom. The van der Waals surface area contributed by atoms with E-state index in [1.54, 1.807) is 39.8 Å².